The van der Waals surface area contributed by atoms with Crippen LogP contribution in [0.4, 0.5) is 0 Å². The van der Waals surface area contributed by atoms with Crippen molar-refractivity contribution in [2.45, 2.75) is 33.7 Å². The Morgan fingerprint density at radius 1 is 1.21 bits per heavy atom. The van der Waals surface area contributed by atoms with Gasteiger partial charge in [0.25, 0.3) is 0 Å². The molecule has 0 fully saturated rings. The number of hydrogen-bond acceptors (Lipinski definition) is 5. The number of nitrogens with zero attached hydrogens (tertiary/aromatic N) is 2. The van der Waals surface area contributed by atoms with Crippen molar-refractivity contribution < 1.29 is 14.3 Å². The van der Waals surface area contributed by atoms with Gasteiger partial charge in [0.15, 0.2) is 6.61 Å². The molecule has 0 saturated carbocycles. The Morgan fingerprint density at radius 3 is 2.54 bits per heavy atom. The summed E-state index contributed by atoms with van der Waals surface area (Å²) in [6.07, 6.45) is 0. The fourth-order valence-corrected chi connectivity index (χ4v) is 4.26. The van der Waals surface area contributed by atoms with E-state index in [1.54, 1.807) is 18.4 Å². The minimum Gasteiger partial charge on any atom is -0.485 e. The van der Waals surface area contributed by atoms with Gasteiger partial charge in [-0.1, -0.05) is 0 Å². The van der Waals surface area contributed by atoms with Crippen LogP contribution in [-0.2, 0) is 4.74 Å². The number of thiazole rings is 1. The summed E-state index contributed by atoms with van der Waals surface area (Å²) in [7, 11) is 1.69. The highest BCUT2D eigenvalue weighted by Gasteiger charge is 2.19. The predicted molar refractivity (Wildman–Crippen MR) is 113 cm³/mol. The Morgan fingerprint density at radius 2 is 1.93 bits per heavy atom. The second-order valence-corrected chi connectivity index (χ2v) is 7.85. The fourth-order valence-electron chi connectivity index (χ4n) is 3.46. The molecule has 0 N–H and O–H groups in total. The smallest absolute Gasteiger partial charge is 0.202 e. The first-order chi connectivity index (χ1) is 13.4. The van der Waals surface area contributed by atoms with Crippen molar-refractivity contribution in [3.63, 3.8) is 0 Å². The molecular formula is C22H26N2O3S. The lowest BCUT2D eigenvalue weighted by atomic mass is 10.1. The first kappa shape index (κ1) is 20.3. The van der Waals surface area contributed by atoms with E-state index < -0.39 is 0 Å². The highest BCUT2D eigenvalue weighted by molar-refractivity contribution is 7.13. The van der Waals surface area contributed by atoms with Crippen LogP contribution in [0.15, 0.2) is 35.7 Å². The average Bonchev–Trinajstić information content (AvgIpc) is 3.23. The lowest BCUT2D eigenvalue weighted by molar-refractivity contribution is 0.0920. The van der Waals surface area contributed by atoms with Crippen molar-refractivity contribution >= 4 is 17.1 Å². The first-order valence-electron chi connectivity index (χ1n) is 9.26. The van der Waals surface area contributed by atoms with Crippen LogP contribution in [0.2, 0.25) is 0 Å². The second-order valence-electron chi connectivity index (χ2n) is 6.99. The molecule has 5 nitrogen and oxygen atoms in total. The van der Waals surface area contributed by atoms with Gasteiger partial charge in [-0.3, -0.25) is 4.79 Å². The minimum atomic E-state index is -0.0245. The van der Waals surface area contributed by atoms with Crippen LogP contribution in [0.5, 0.6) is 5.75 Å². The molecule has 2 heterocycles. The summed E-state index contributed by atoms with van der Waals surface area (Å²) in [6, 6.07) is 9.80. The van der Waals surface area contributed by atoms with Crippen molar-refractivity contribution in [3.05, 3.63) is 58.4 Å². The number of ketones is 1. The SMILES string of the molecule is COC[C@@H](C)n1c(C)cc(C(=O)COc2ccc(-c3nc(C)cs3)cc2)c1C. The van der Waals surface area contributed by atoms with E-state index in [1.807, 2.05) is 56.5 Å². The molecule has 6 heteroatoms. The van der Waals surface area contributed by atoms with E-state index >= 15 is 0 Å². The molecule has 1 aromatic carbocycles. The largest absolute Gasteiger partial charge is 0.485 e. The summed E-state index contributed by atoms with van der Waals surface area (Å²) in [6.45, 7) is 8.66. The highest BCUT2D eigenvalue weighted by atomic mass is 32.1. The van der Waals surface area contributed by atoms with E-state index in [1.165, 1.54) is 0 Å². The van der Waals surface area contributed by atoms with E-state index in [0.29, 0.717) is 17.9 Å². The van der Waals surface area contributed by atoms with E-state index in [-0.39, 0.29) is 18.4 Å². The van der Waals surface area contributed by atoms with Crippen LogP contribution in [0, 0.1) is 20.8 Å². The van der Waals surface area contributed by atoms with E-state index in [0.717, 1.165) is 27.7 Å². The number of aryl methyl sites for hydroxylation is 2. The summed E-state index contributed by atoms with van der Waals surface area (Å²) in [5.41, 5.74) is 4.77. The van der Waals surface area contributed by atoms with Crippen LogP contribution in [0.3, 0.4) is 0 Å². The molecule has 0 aliphatic rings. The standard InChI is InChI=1S/C22H26N2O3S/c1-14-13-28-22(23-14)18-6-8-19(9-7-18)27-12-21(25)20-10-15(2)24(17(20)4)16(3)11-26-5/h6-10,13,16H,11-12H2,1-5H3/t16-/m1/s1. The molecule has 2 aromatic heterocycles. The summed E-state index contributed by atoms with van der Waals surface area (Å²) >= 11 is 1.62. The van der Waals surface area contributed by atoms with Gasteiger partial charge in [-0.05, 0) is 58.0 Å². The lowest BCUT2D eigenvalue weighted by Gasteiger charge is -2.17. The third kappa shape index (κ3) is 4.34. The second kappa shape index (κ2) is 8.71. The Labute approximate surface area is 169 Å². The Kier molecular flexibility index (Phi) is 6.31. The molecule has 0 aliphatic heterocycles. The first-order valence-corrected chi connectivity index (χ1v) is 10.1. The van der Waals surface area contributed by atoms with Crippen LogP contribution < -0.4 is 4.74 Å². The minimum absolute atomic E-state index is 0.0126. The zero-order chi connectivity index (χ0) is 20.3. The van der Waals surface area contributed by atoms with Crippen molar-refractivity contribution in [2.75, 3.05) is 20.3 Å². The number of Topliss-reactive ketones (excluding diaryl/α,β-unsaturated/α-hetero) is 1. The van der Waals surface area contributed by atoms with Crippen molar-refractivity contribution in [1.82, 2.24) is 9.55 Å². The number of methoxy groups -OCH3 is 1. The van der Waals surface area contributed by atoms with Crippen molar-refractivity contribution in [3.8, 4) is 16.3 Å². The predicted octanol–water partition coefficient (Wildman–Crippen LogP) is 5.01. The molecule has 0 bridgehead atoms. The maximum atomic E-state index is 12.7. The van der Waals surface area contributed by atoms with Crippen LogP contribution in [0.1, 0.15) is 40.4 Å². The molecule has 28 heavy (non-hydrogen) atoms. The van der Waals surface area contributed by atoms with Gasteiger partial charge >= 0.3 is 0 Å². The zero-order valence-electron chi connectivity index (χ0n) is 17.0. The van der Waals surface area contributed by atoms with Gasteiger partial charge in [-0.2, -0.15) is 0 Å². The molecule has 0 aliphatic carbocycles. The fraction of sp³-hybridized carbons (Fsp3) is 0.364. The molecule has 3 aromatic rings. The molecule has 0 radical (unpaired) electrons. The molecule has 0 amide bonds. The third-order valence-corrected chi connectivity index (χ3v) is 5.73. The maximum Gasteiger partial charge on any atom is 0.202 e. The highest BCUT2D eigenvalue weighted by Crippen LogP contribution is 2.26. The quantitative estimate of drug-likeness (QED) is 0.501. The van der Waals surface area contributed by atoms with E-state index in [4.69, 9.17) is 9.47 Å². The Bertz CT molecular complexity index is 957. The number of rotatable bonds is 8. The number of carbonyl (C=O) groups excluding carboxylic acids is 1. The molecular weight excluding hydrogens is 372 g/mol. The summed E-state index contributed by atoms with van der Waals surface area (Å²) in [5.74, 6) is 0.649. The van der Waals surface area contributed by atoms with Crippen molar-refractivity contribution in [1.29, 1.82) is 0 Å². The monoisotopic (exact) mass is 398 g/mol. The number of ether oxygens (including phenoxy) is 2. The summed E-state index contributed by atoms with van der Waals surface area (Å²) in [5, 5.41) is 3.01. The summed E-state index contributed by atoms with van der Waals surface area (Å²) in [4.78, 5) is 17.2. The van der Waals surface area contributed by atoms with E-state index in [2.05, 4.69) is 16.5 Å². The van der Waals surface area contributed by atoms with Crippen molar-refractivity contribution in [2.24, 2.45) is 0 Å². The molecule has 0 saturated heterocycles. The van der Waals surface area contributed by atoms with Crippen LogP contribution in [0.25, 0.3) is 10.6 Å². The molecule has 3 rings (SSSR count). The Hall–Kier alpha value is -2.44. The number of aromatic nitrogens is 2. The van der Waals surface area contributed by atoms with Gasteiger partial charge < -0.3 is 14.0 Å². The van der Waals surface area contributed by atoms with Crippen LogP contribution >= 0.6 is 11.3 Å². The van der Waals surface area contributed by atoms with Gasteiger partial charge in [0.05, 0.1) is 12.6 Å². The molecule has 0 unspecified atom stereocenters. The molecule has 0 spiro atoms. The van der Waals surface area contributed by atoms with Gasteiger partial charge in [-0.15, -0.1) is 11.3 Å². The zero-order valence-corrected chi connectivity index (χ0v) is 17.8. The average molecular weight is 399 g/mol. The number of carbonyl (C=O) groups is 1. The Balaban J connectivity index is 1.66. The van der Waals surface area contributed by atoms with Gasteiger partial charge in [0, 0.05) is 40.7 Å². The van der Waals surface area contributed by atoms with Gasteiger partial charge in [0.1, 0.15) is 10.8 Å². The maximum absolute atomic E-state index is 12.7. The van der Waals surface area contributed by atoms with Crippen LogP contribution in [-0.4, -0.2) is 35.7 Å². The summed E-state index contributed by atoms with van der Waals surface area (Å²) < 4.78 is 13.1. The van der Waals surface area contributed by atoms with Gasteiger partial charge in [-0.25, -0.2) is 4.98 Å². The topological polar surface area (TPSA) is 53.4 Å². The van der Waals surface area contributed by atoms with Gasteiger partial charge in [0.2, 0.25) is 5.78 Å². The third-order valence-electron chi connectivity index (χ3n) is 4.72. The number of hydrogen-bond donors (Lipinski definition) is 0. The van der Waals surface area contributed by atoms with E-state index in [9.17, 15) is 4.79 Å². The molecule has 1 atom stereocenters. The normalized spacial score (nSPS) is 12.2. The lowest BCUT2D eigenvalue weighted by Crippen LogP contribution is -2.16. The molecule has 148 valence electrons. The number of benzene rings is 1.